The number of hydrogen-bond donors (Lipinski definition) is 0. The Morgan fingerprint density at radius 3 is 1.21 bits per heavy atom. The van der Waals surface area contributed by atoms with Crippen LogP contribution in [0.2, 0.25) is 0 Å². The number of aromatic nitrogens is 6. The topological polar surface area (TPSA) is 53.5 Å². The van der Waals surface area contributed by atoms with Crippen LogP contribution in [-0.2, 0) is 17.1 Å². The van der Waals surface area contributed by atoms with E-state index in [1.165, 1.54) is 0 Å². The van der Waals surface area contributed by atoms with E-state index in [0.29, 0.717) is 0 Å². The summed E-state index contributed by atoms with van der Waals surface area (Å²) in [5.41, 5.74) is 0. The quantitative estimate of drug-likeness (QED) is 0.235. The molecule has 0 amide bonds. The van der Waals surface area contributed by atoms with E-state index in [4.69, 9.17) is 0 Å². The van der Waals surface area contributed by atoms with Gasteiger partial charge in [0.05, 0.1) is 29.3 Å². The van der Waals surface area contributed by atoms with E-state index < -0.39 is 0 Å². The molecule has 0 saturated carbocycles. The third kappa shape index (κ3) is 5.96. The van der Waals surface area contributed by atoms with Crippen LogP contribution in [0, 0.1) is 10.7 Å². The van der Waals surface area contributed by atoms with E-state index in [2.05, 4.69) is 96.2 Å². The Balaban J connectivity index is 0.000000522. The van der Waals surface area contributed by atoms with Crippen LogP contribution in [0.25, 0.3) is 0 Å². The molecule has 3 aromatic rings. The molecular weight excluding hydrogens is 688 g/mol. The molecular formula is C14H13I3MnN6. The minimum atomic E-state index is -0.226. The molecule has 0 fully saturated rings. The molecule has 10 heteroatoms. The first-order valence-electron chi connectivity index (χ1n) is 6.37. The standard InChI is InChI=1S/C10H7I3N6.C4H6.Mn/c11-7-1-14-17(4-7)10(18-5-8(12)2-15-18)19-6-9(13)3-16-19;1-3-4-2;/h1-6,10H;3-4H,1-2H2;. The van der Waals surface area contributed by atoms with Crippen LogP contribution in [0.15, 0.2) is 62.5 Å². The van der Waals surface area contributed by atoms with Crippen molar-refractivity contribution in [2.45, 2.75) is 6.29 Å². The van der Waals surface area contributed by atoms with Crippen LogP contribution >= 0.6 is 67.8 Å². The van der Waals surface area contributed by atoms with Gasteiger partial charge in [0, 0.05) is 35.7 Å². The molecule has 0 aliphatic heterocycles. The van der Waals surface area contributed by atoms with Crippen molar-refractivity contribution in [2.75, 3.05) is 0 Å². The van der Waals surface area contributed by atoms with E-state index in [1.54, 1.807) is 12.2 Å². The van der Waals surface area contributed by atoms with Gasteiger partial charge in [0.15, 0.2) is 0 Å². The molecule has 6 nitrogen and oxygen atoms in total. The Labute approximate surface area is 191 Å². The van der Waals surface area contributed by atoms with Gasteiger partial charge in [-0.2, -0.15) is 15.3 Å². The van der Waals surface area contributed by atoms with Gasteiger partial charge in [0.1, 0.15) is 0 Å². The first-order chi connectivity index (χ1) is 11.0. The van der Waals surface area contributed by atoms with Crippen molar-refractivity contribution in [3.05, 3.63) is 73.2 Å². The molecule has 0 unspecified atom stereocenters. The summed E-state index contributed by atoms with van der Waals surface area (Å²) in [5.74, 6) is 0. The predicted molar refractivity (Wildman–Crippen MR) is 115 cm³/mol. The maximum absolute atomic E-state index is 4.37. The fraction of sp³-hybridized carbons (Fsp3) is 0.0714. The summed E-state index contributed by atoms with van der Waals surface area (Å²) >= 11 is 6.71. The van der Waals surface area contributed by atoms with Gasteiger partial charge in [-0.1, -0.05) is 25.3 Å². The van der Waals surface area contributed by atoms with Crippen LogP contribution in [0.1, 0.15) is 6.29 Å². The Morgan fingerprint density at radius 2 is 1.04 bits per heavy atom. The van der Waals surface area contributed by atoms with Crippen molar-refractivity contribution in [2.24, 2.45) is 0 Å². The number of rotatable bonds is 4. The molecule has 0 atom stereocenters. The second-order valence-electron chi connectivity index (χ2n) is 4.23. The monoisotopic (exact) mass is 701 g/mol. The van der Waals surface area contributed by atoms with E-state index in [-0.39, 0.29) is 23.4 Å². The average Bonchev–Trinajstić information content (AvgIpc) is 3.24. The molecule has 0 bridgehead atoms. The summed E-state index contributed by atoms with van der Waals surface area (Å²) in [6.07, 6.45) is 14.4. The number of nitrogens with zero attached hydrogens (tertiary/aromatic N) is 6. The van der Waals surface area contributed by atoms with Crippen LogP contribution in [-0.4, -0.2) is 29.3 Å². The molecule has 0 N–H and O–H groups in total. The molecule has 3 aromatic heterocycles. The third-order valence-corrected chi connectivity index (χ3v) is 4.26. The number of hydrogen-bond acceptors (Lipinski definition) is 3. The fourth-order valence-electron chi connectivity index (χ4n) is 1.69. The molecule has 0 saturated heterocycles. The molecule has 0 aliphatic carbocycles. The molecule has 3 heterocycles. The van der Waals surface area contributed by atoms with Gasteiger partial charge in [-0.05, 0) is 67.8 Å². The van der Waals surface area contributed by atoms with Crippen LogP contribution in [0.4, 0.5) is 0 Å². The first kappa shape index (κ1) is 21.9. The molecule has 0 aliphatic rings. The van der Waals surface area contributed by atoms with Gasteiger partial charge >= 0.3 is 0 Å². The van der Waals surface area contributed by atoms with E-state index in [9.17, 15) is 0 Å². The zero-order chi connectivity index (χ0) is 16.8. The third-order valence-electron chi connectivity index (χ3n) is 2.59. The minimum absolute atomic E-state index is 0. The van der Waals surface area contributed by atoms with Crippen molar-refractivity contribution in [1.82, 2.24) is 29.3 Å². The van der Waals surface area contributed by atoms with Crippen LogP contribution < -0.4 is 0 Å². The normalized spacial score (nSPS) is 9.83. The average molecular weight is 701 g/mol. The van der Waals surface area contributed by atoms with Gasteiger partial charge in [-0.25, -0.2) is 14.0 Å². The molecule has 3 rings (SSSR count). The molecule has 0 spiro atoms. The molecule has 127 valence electrons. The molecule has 24 heavy (non-hydrogen) atoms. The summed E-state index contributed by atoms with van der Waals surface area (Å²) in [4.78, 5) is 0. The number of allylic oxidation sites excluding steroid dienone is 2. The zero-order valence-corrected chi connectivity index (χ0v) is 20.0. The summed E-state index contributed by atoms with van der Waals surface area (Å²) in [5, 5.41) is 13.1. The van der Waals surface area contributed by atoms with Crippen molar-refractivity contribution in [1.29, 1.82) is 0 Å². The summed E-state index contributed by atoms with van der Waals surface area (Å²) < 4.78 is 8.75. The van der Waals surface area contributed by atoms with Crippen molar-refractivity contribution in [3.8, 4) is 0 Å². The summed E-state index contributed by atoms with van der Waals surface area (Å²) in [6, 6.07) is 0. The largest absolute Gasteiger partial charge is 0.238 e. The molecule has 0 aromatic carbocycles. The Hall–Kier alpha value is -0.181. The van der Waals surface area contributed by atoms with Crippen molar-refractivity contribution >= 4 is 67.8 Å². The number of halogens is 3. The van der Waals surface area contributed by atoms with Crippen LogP contribution in [0.5, 0.6) is 0 Å². The maximum Gasteiger partial charge on any atom is 0.238 e. The minimum Gasteiger partial charge on any atom is -0.226 e. The van der Waals surface area contributed by atoms with Crippen molar-refractivity contribution in [3.63, 3.8) is 0 Å². The Bertz CT molecular complexity index is 692. The second-order valence-corrected chi connectivity index (χ2v) is 7.97. The SMILES string of the molecule is C=CC=C.Ic1cnn(C(n2cc(I)cn2)n2cc(I)cn2)c1.[Mn]. The summed E-state index contributed by atoms with van der Waals surface area (Å²) in [6.45, 7) is 6.72. The van der Waals surface area contributed by atoms with Crippen LogP contribution in [0.3, 0.4) is 0 Å². The van der Waals surface area contributed by atoms with Gasteiger partial charge in [0.2, 0.25) is 6.29 Å². The smallest absolute Gasteiger partial charge is 0.226 e. The van der Waals surface area contributed by atoms with Gasteiger partial charge in [0.25, 0.3) is 0 Å². The van der Waals surface area contributed by atoms with E-state index in [1.807, 2.05) is 51.2 Å². The van der Waals surface area contributed by atoms with Gasteiger partial charge in [-0.3, -0.25) is 0 Å². The van der Waals surface area contributed by atoms with Crippen molar-refractivity contribution < 1.29 is 17.1 Å². The van der Waals surface area contributed by atoms with Gasteiger partial charge in [-0.15, -0.1) is 0 Å². The Morgan fingerprint density at radius 1 is 0.750 bits per heavy atom. The Kier molecular flexibility index (Phi) is 9.77. The second kappa shape index (κ2) is 10.7. The first-order valence-corrected chi connectivity index (χ1v) is 9.61. The fourth-order valence-corrected chi connectivity index (χ4v) is 2.92. The summed E-state index contributed by atoms with van der Waals surface area (Å²) in [7, 11) is 0. The van der Waals surface area contributed by atoms with Gasteiger partial charge < -0.3 is 0 Å². The van der Waals surface area contributed by atoms with E-state index in [0.717, 1.165) is 10.7 Å². The maximum atomic E-state index is 4.37. The predicted octanol–water partition coefficient (Wildman–Crippen LogP) is 4.00. The van der Waals surface area contributed by atoms with E-state index >= 15 is 0 Å². The molecule has 1 radical (unpaired) electrons. The zero-order valence-electron chi connectivity index (χ0n) is 12.3.